The lowest BCUT2D eigenvalue weighted by atomic mass is 10.3. The van der Waals surface area contributed by atoms with Crippen LogP contribution in [0.3, 0.4) is 0 Å². The van der Waals surface area contributed by atoms with Crippen LogP contribution in [0.15, 0.2) is 34.1 Å². The molecule has 0 amide bonds. The molecular weight excluding hydrogens is 364 g/mol. The van der Waals surface area contributed by atoms with Crippen molar-refractivity contribution in [3.05, 3.63) is 24.3 Å². The Morgan fingerprint density at radius 3 is 1.64 bits per heavy atom. The first kappa shape index (κ1) is 18.8. The summed E-state index contributed by atoms with van der Waals surface area (Å²) >= 11 is 0. The SMILES string of the molecule is C[C@H]1CN(S(=O)(=O)c2ccc(S(=O)(=O)N3CCCC3)cc2)C[C@H](C)O1. The molecule has 0 bridgehead atoms. The molecule has 2 fully saturated rings. The van der Waals surface area contributed by atoms with Crippen molar-refractivity contribution in [1.29, 1.82) is 0 Å². The summed E-state index contributed by atoms with van der Waals surface area (Å²) in [4.78, 5) is 0.242. The van der Waals surface area contributed by atoms with Crippen LogP contribution in [0.2, 0.25) is 0 Å². The van der Waals surface area contributed by atoms with Gasteiger partial charge in [0.1, 0.15) is 0 Å². The minimum atomic E-state index is -3.66. The third kappa shape index (κ3) is 3.75. The first-order chi connectivity index (χ1) is 11.7. The molecule has 0 aliphatic carbocycles. The Morgan fingerprint density at radius 1 is 0.800 bits per heavy atom. The fourth-order valence-corrected chi connectivity index (χ4v) is 6.44. The molecule has 25 heavy (non-hydrogen) atoms. The third-order valence-electron chi connectivity index (χ3n) is 4.55. The quantitative estimate of drug-likeness (QED) is 0.776. The maximum absolute atomic E-state index is 12.8. The average molecular weight is 389 g/mol. The Hall–Kier alpha value is -1.00. The van der Waals surface area contributed by atoms with Crippen LogP contribution in [0.5, 0.6) is 0 Å². The number of hydrogen-bond acceptors (Lipinski definition) is 5. The molecule has 7 nitrogen and oxygen atoms in total. The van der Waals surface area contributed by atoms with Crippen molar-refractivity contribution in [1.82, 2.24) is 8.61 Å². The lowest BCUT2D eigenvalue weighted by Crippen LogP contribution is -2.48. The fraction of sp³-hybridized carbons (Fsp3) is 0.625. The van der Waals surface area contributed by atoms with Crippen molar-refractivity contribution in [2.75, 3.05) is 26.2 Å². The lowest BCUT2D eigenvalue weighted by Gasteiger charge is -2.34. The van der Waals surface area contributed by atoms with Gasteiger partial charge in [-0.1, -0.05) is 0 Å². The number of nitrogens with zero attached hydrogens (tertiary/aromatic N) is 2. The molecule has 2 aliphatic rings. The van der Waals surface area contributed by atoms with Crippen LogP contribution in [0, 0.1) is 0 Å². The smallest absolute Gasteiger partial charge is 0.243 e. The minimum Gasteiger partial charge on any atom is -0.373 e. The van der Waals surface area contributed by atoms with E-state index in [9.17, 15) is 16.8 Å². The van der Waals surface area contributed by atoms with Crippen molar-refractivity contribution in [2.24, 2.45) is 0 Å². The second kappa shape index (κ2) is 6.96. The molecule has 140 valence electrons. The summed E-state index contributed by atoms with van der Waals surface area (Å²) in [6.45, 7) is 5.30. The Balaban J connectivity index is 1.84. The molecule has 3 rings (SSSR count). The second-order valence-corrected chi connectivity index (χ2v) is 10.5. The molecule has 1 aromatic rings. The zero-order valence-electron chi connectivity index (χ0n) is 14.5. The number of ether oxygens (including phenoxy) is 1. The van der Waals surface area contributed by atoms with Gasteiger partial charge in [0.2, 0.25) is 20.0 Å². The maximum Gasteiger partial charge on any atom is 0.243 e. The van der Waals surface area contributed by atoms with E-state index in [0.29, 0.717) is 26.2 Å². The van der Waals surface area contributed by atoms with Gasteiger partial charge >= 0.3 is 0 Å². The van der Waals surface area contributed by atoms with Gasteiger partial charge in [0, 0.05) is 26.2 Å². The zero-order chi connectivity index (χ0) is 18.2. The molecule has 0 aromatic heterocycles. The summed E-state index contributed by atoms with van der Waals surface area (Å²) in [7, 11) is -7.20. The lowest BCUT2D eigenvalue weighted by molar-refractivity contribution is -0.0440. The van der Waals surface area contributed by atoms with Gasteiger partial charge in [-0.2, -0.15) is 8.61 Å². The number of hydrogen-bond donors (Lipinski definition) is 0. The van der Waals surface area contributed by atoms with Crippen molar-refractivity contribution >= 4 is 20.0 Å². The molecule has 2 aliphatic heterocycles. The van der Waals surface area contributed by atoms with E-state index in [2.05, 4.69) is 0 Å². The van der Waals surface area contributed by atoms with Crippen molar-refractivity contribution in [2.45, 2.75) is 48.7 Å². The molecular formula is C16H24N2O5S2. The predicted molar refractivity (Wildman–Crippen MR) is 93.2 cm³/mol. The number of benzene rings is 1. The van der Waals surface area contributed by atoms with E-state index in [4.69, 9.17) is 4.74 Å². The molecule has 0 saturated carbocycles. The molecule has 2 atom stereocenters. The monoisotopic (exact) mass is 388 g/mol. The number of rotatable bonds is 4. The topological polar surface area (TPSA) is 84.0 Å². The van der Waals surface area contributed by atoms with Gasteiger partial charge in [0.15, 0.2) is 0 Å². The Labute approximate surface area is 149 Å². The van der Waals surface area contributed by atoms with Gasteiger partial charge < -0.3 is 4.74 Å². The number of morpholine rings is 1. The zero-order valence-corrected chi connectivity index (χ0v) is 16.1. The largest absolute Gasteiger partial charge is 0.373 e. The van der Waals surface area contributed by atoms with E-state index >= 15 is 0 Å². The summed E-state index contributed by atoms with van der Waals surface area (Å²) < 4.78 is 59.1. The highest BCUT2D eigenvalue weighted by Gasteiger charge is 2.33. The average Bonchev–Trinajstić information content (AvgIpc) is 3.09. The van der Waals surface area contributed by atoms with Crippen molar-refractivity contribution in [3.8, 4) is 0 Å². The summed E-state index contributed by atoms with van der Waals surface area (Å²) in [6.07, 6.45) is 1.37. The van der Waals surface area contributed by atoms with Crippen LogP contribution in [-0.4, -0.2) is 63.8 Å². The van der Waals surface area contributed by atoms with E-state index in [-0.39, 0.29) is 22.0 Å². The summed E-state index contributed by atoms with van der Waals surface area (Å²) in [5.41, 5.74) is 0. The highest BCUT2D eigenvalue weighted by atomic mass is 32.2. The second-order valence-electron chi connectivity index (χ2n) is 6.66. The Morgan fingerprint density at radius 2 is 1.20 bits per heavy atom. The van der Waals surface area contributed by atoms with Crippen LogP contribution in [0.25, 0.3) is 0 Å². The molecule has 2 saturated heterocycles. The molecule has 0 N–H and O–H groups in total. The van der Waals surface area contributed by atoms with Crippen LogP contribution in [-0.2, 0) is 24.8 Å². The first-order valence-electron chi connectivity index (χ1n) is 8.47. The van der Waals surface area contributed by atoms with Gasteiger partial charge in [0.25, 0.3) is 0 Å². The van der Waals surface area contributed by atoms with E-state index in [1.54, 1.807) is 0 Å². The van der Waals surface area contributed by atoms with Gasteiger partial charge in [-0.15, -0.1) is 0 Å². The standard InChI is InChI=1S/C16H24N2O5S2/c1-13-11-18(12-14(2)23-13)25(21,22)16-7-5-15(6-8-16)24(19,20)17-9-3-4-10-17/h5-8,13-14H,3-4,9-12H2,1-2H3/t13-,14-/m0/s1. The first-order valence-corrected chi connectivity index (χ1v) is 11.3. The fourth-order valence-electron chi connectivity index (χ4n) is 3.34. The minimum absolute atomic E-state index is 0.106. The predicted octanol–water partition coefficient (Wildman–Crippen LogP) is 1.27. The van der Waals surface area contributed by atoms with Gasteiger partial charge in [-0.05, 0) is 51.0 Å². The molecule has 0 unspecified atom stereocenters. The number of sulfonamides is 2. The van der Waals surface area contributed by atoms with Gasteiger partial charge in [0.05, 0.1) is 22.0 Å². The summed E-state index contributed by atoms with van der Waals surface area (Å²) in [5, 5.41) is 0. The highest BCUT2D eigenvalue weighted by molar-refractivity contribution is 7.89. The Bertz CT molecular complexity index is 805. The van der Waals surface area contributed by atoms with E-state index in [1.807, 2.05) is 13.8 Å². The van der Waals surface area contributed by atoms with E-state index in [0.717, 1.165) is 12.8 Å². The molecule has 0 radical (unpaired) electrons. The van der Waals surface area contributed by atoms with Crippen molar-refractivity contribution in [3.63, 3.8) is 0 Å². The highest BCUT2D eigenvalue weighted by Crippen LogP contribution is 2.25. The van der Waals surface area contributed by atoms with Crippen LogP contribution >= 0.6 is 0 Å². The summed E-state index contributed by atoms with van der Waals surface area (Å²) in [5.74, 6) is 0. The third-order valence-corrected chi connectivity index (χ3v) is 8.31. The van der Waals surface area contributed by atoms with E-state index < -0.39 is 20.0 Å². The molecule has 0 spiro atoms. The maximum atomic E-state index is 12.8. The molecule has 9 heteroatoms. The Kier molecular flexibility index (Phi) is 5.23. The normalized spacial score (nSPS) is 26.8. The van der Waals surface area contributed by atoms with Crippen LogP contribution in [0.1, 0.15) is 26.7 Å². The molecule has 2 heterocycles. The summed E-state index contributed by atoms with van der Waals surface area (Å²) in [6, 6.07) is 5.52. The molecule has 1 aromatic carbocycles. The van der Waals surface area contributed by atoms with Crippen LogP contribution in [0.4, 0.5) is 0 Å². The van der Waals surface area contributed by atoms with Gasteiger partial charge in [-0.25, -0.2) is 16.8 Å². The van der Waals surface area contributed by atoms with E-state index in [1.165, 1.54) is 32.9 Å². The van der Waals surface area contributed by atoms with Crippen LogP contribution < -0.4 is 0 Å². The van der Waals surface area contributed by atoms with Gasteiger partial charge in [-0.3, -0.25) is 0 Å². The van der Waals surface area contributed by atoms with Crippen molar-refractivity contribution < 1.29 is 21.6 Å².